The zero-order chi connectivity index (χ0) is 17.6. The van der Waals surface area contributed by atoms with E-state index in [0.29, 0.717) is 25.0 Å². The van der Waals surface area contributed by atoms with E-state index in [1.165, 1.54) is 0 Å². The summed E-state index contributed by atoms with van der Waals surface area (Å²) in [5, 5.41) is 11.5. The lowest BCUT2D eigenvalue weighted by Gasteiger charge is -2.25. The number of alkyl halides is 2. The van der Waals surface area contributed by atoms with E-state index in [2.05, 4.69) is 5.32 Å². The first-order valence-corrected chi connectivity index (χ1v) is 8.50. The Labute approximate surface area is 151 Å². The summed E-state index contributed by atoms with van der Waals surface area (Å²) in [6, 6.07) is 9.67. The fraction of sp³-hybridized carbons (Fsp3) is 0.333. The highest BCUT2D eigenvalue weighted by molar-refractivity contribution is 6.50. The van der Waals surface area contributed by atoms with Crippen molar-refractivity contribution in [3.63, 3.8) is 0 Å². The third kappa shape index (κ3) is 5.69. The number of benzene rings is 1. The molecular weight excluding hydrogens is 349 g/mol. The monoisotopic (exact) mass is 367 g/mol. The Morgan fingerprint density at radius 2 is 1.79 bits per heavy atom. The molecule has 0 bridgehead atoms. The number of halogens is 2. The van der Waals surface area contributed by atoms with Crippen LogP contribution in [0.4, 0.5) is 0 Å². The first-order valence-electron chi connectivity index (χ1n) is 7.75. The number of rotatable bonds is 7. The van der Waals surface area contributed by atoms with E-state index < -0.39 is 10.3 Å². The first-order chi connectivity index (χ1) is 11.4. The standard InChI is InChI=1S/C18H19Cl2NO3/c19-18(20)11-10-14(13-6-2-1-3-7-13)15(12-18)21-16(22)8-4-5-9-17(23)24/h1-3,6-7,10-11H,4-5,8-9,12H2,(H,21,22)(H,23,24). The molecule has 0 aliphatic heterocycles. The quantitative estimate of drug-likeness (QED) is 0.557. The van der Waals surface area contributed by atoms with Crippen molar-refractivity contribution in [2.75, 3.05) is 0 Å². The van der Waals surface area contributed by atoms with E-state index in [1.54, 1.807) is 6.08 Å². The largest absolute Gasteiger partial charge is 0.481 e. The van der Waals surface area contributed by atoms with Crippen molar-refractivity contribution in [1.29, 1.82) is 0 Å². The van der Waals surface area contributed by atoms with Crippen molar-refractivity contribution in [2.24, 2.45) is 0 Å². The van der Waals surface area contributed by atoms with Crippen molar-refractivity contribution in [3.8, 4) is 0 Å². The lowest BCUT2D eigenvalue weighted by molar-refractivity contribution is -0.137. The van der Waals surface area contributed by atoms with Crippen LogP contribution < -0.4 is 5.32 Å². The molecule has 128 valence electrons. The van der Waals surface area contributed by atoms with Gasteiger partial charge in [0.25, 0.3) is 0 Å². The van der Waals surface area contributed by atoms with E-state index in [0.717, 1.165) is 11.1 Å². The van der Waals surface area contributed by atoms with Gasteiger partial charge in [-0.1, -0.05) is 59.6 Å². The minimum absolute atomic E-state index is 0.0699. The molecule has 0 unspecified atom stereocenters. The lowest BCUT2D eigenvalue weighted by Crippen LogP contribution is -2.28. The van der Waals surface area contributed by atoms with Crippen LogP contribution in [0, 0.1) is 0 Å². The Morgan fingerprint density at radius 1 is 1.12 bits per heavy atom. The molecule has 0 aromatic heterocycles. The molecule has 0 saturated heterocycles. The van der Waals surface area contributed by atoms with Crippen molar-refractivity contribution >= 4 is 40.7 Å². The predicted octanol–water partition coefficient (Wildman–Crippen LogP) is 4.29. The summed E-state index contributed by atoms with van der Waals surface area (Å²) in [5.74, 6) is -1.01. The van der Waals surface area contributed by atoms with Gasteiger partial charge in [0.2, 0.25) is 5.91 Å². The molecule has 0 heterocycles. The predicted molar refractivity (Wildman–Crippen MR) is 95.8 cm³/mol. The van der Waals surface area contributed by atoms with Crippen LogP contribution >= 0.6 is 23.2 Å². The zero-order valence-corrected chi connectivity index (χ0v) is 14.6. The number of aliphatic carboxylic acids is 1. The van der Waals surface area contributed by atoms with Gasteiger partial charge in [0.05, 0.1) is 0 Å². The third-order valence-corrected chi connectivity index (χ3v) is 4.17. The smallest absolute Gasteiger partial charge is 0.303 e. The van der Waals surface area contributed by atoms with E-state index in [-0.39, 0.29) is 18.7 Å². The highest BCUT2D eigenvalue weighted by Crippen LogP contribution is 2.38. The summed E-state index contributed by atoms with van der Waals surface area (Å²) < 4.78 is -1.05. The fourth-order valence-corrected chi connectivity index (χ4v) is 2.88. The summed E-state index contributed by atoms with van der Waals surface area (Å²) in [6.45, 7) is 0. The Hall–Kier alpha value is -1.78. The van der Waals surface area contributed by atoms with Crippen molar-refractivity contribution in [2.45, 2.75) is 36.4 Å². The van der Waals surface area contributed by atoms with E-state index in [9.17, 15) is 9.59 Å². The van der Waals surface area contributed by atoms with Crippen LogP contribution in [0.1, 0.15) is 37.7 Å². The van der Waals surface area contributed by atoms with Gasteiger partial charge < -0.3 is 10.4 Å². The number of carbonyl (C=O) groups is 2. The van der Waals surface area contributed by atoms with Crippen LogP contribution in [-0.2, 0) is 9.59 Å². The average Bonchev–Trinajstić information content (AvgIpc) is 2.51. The molecule has 0 saturated carbocycles. The van der Waals surface area contributed by atoms with Gasteiger partial charge in [-0.2, -0.15) is 0 Å². The molecule has 1 aromatic carbocycles. The molecule has 2 N–H and O–H groups in total. The molecular formula is C18H19Cl2NO3. The van der Waals surface area contributed by atoms with Crippen LogP contribution in [0.2, 0.25) is 0 Å². The van der Waals surface area contributed by atoms with Crippen LogP contribution in [-0.4, -0.2) is 21.3 Å². The zero-order valence-electron chi connectivity index (χ0n) is 13.1. The number of nitrogens with one attached hydrogen (secondary N) is 1. The number of amides is 1. The number of carboxylic acids is 1. The molecule has 0 atom stereocenters. The molecule has 2 rings (SSSR count). The van der Waals surface area contributed by atoms with Crippen LogP contribution in [0.3, 0.4) is 0 Å². The average molecular weight is 368 g/mol. The molecule has 1 aliphatic rings. The van der Waals surface area contributed by atoms with E-state index >= 15 is 0 Å². The maximum Gasteiger partial charge on any atom is 0.303 e. The first kappa shape index (κ1) is 18.6. The molecule has 0 spiro atoms. The summed E-state index contributed by atoms with van der Waals surface area (Å²) in [7, 11) is 0. The molecule has 0 fully saturated rings. The minimum Gasteiger partial charge on any atom is -0.481 e. The summed E-state index contributed by atoms with van der Waals surface area (Å²) in [6.07, 6.45) is 5.16. The van der Waals surface area contributed by atoms with Gasteiger partial charge in [-0.05, 0) is 24.5 Å². The second kappa shape index (κ2) is 8.36. The Morgan fingerprint density at radius 3 is 2.46 bits per heavy atom. The maximum atomic E-state index is 12.1. The normalized spacial score (nSPS) is 16.1. The number of hydrogen-bond acceptors (Lipinski definition) is 2. The van der Waals surface area contributed by atoms with Crippen molar-refractivity contribution in [3.05, 3.63) is 53.7 Å². The van der Waals surface area contributed by atoms with Crippen molar-refractivity contribution < 1.29 is 14.7 Å². The van der Waals surface area contributed by atoms with Crippen LogP contribution in [0.15, 0.2) is 48.2 Å². The highest BCUT2D eigenvalue weighted by Gasteiger charge is 2.28. The topological polar surface area (TPSA) is 66.4 Å². The number of hydrogen-bond donors (Lipinski definition) is 2. The molecule has 1 amide bonds. The van der Waals surface area contributed by atoms with Gasteiger partial charge in [-0.3, -0.25) is 9.59 Å². The van der Waals surface area contributed by atoms with Gasteiger partial charge >= 0.3 is 5.97 Å². The third-order valence-electron chi connectivity index (χ3n) is 3.65. The highest BCUT2D eigenvalue weighted by atomic mass is 35.5. The second-order valence-electron chi connectivity index (χ2n) is 5.68. The molecule has 4 nitrogen and oxygen atoms in total. The Bertz CT molecular complexity index is 666. The van der Waals surface area contributed by atoms with Gasteiger partial charge in [-0.15, -0.1) is 0 Å². The van der Waals surface area contributed by atoms with E-state index in [1.807, 2.05) is 36.4 Å². The van der Waals surface area contributed by atoms with Gasteiger partial charge in [0.15, 0.2) is 0 Å². The molecule has 1 aliphatic carbocycles. The number of carbonyl (C=O) groups excluding carboxylic acids is 1. The van der Waals surface area contributed by atoms with E-state index in [4.69, 9.17) is 28.3 Å². The summed E-state index contributed by atoms with van der Waals surface area (Å²) in [5.41, 5.74) is 2.53. The number of carboxylic acid groups (broad SMARTS) is 1. The number of allylic oxidation sites excluding steroid dienone is 4. The lowest BCUT2D eigenvalue weighted by atomic mass is 9.96. The molecule has 1 aromatic rings. The number of unbranched alkanes of at least 4 members (excludes halogenated alkanes) is 1. The summed E-state index contributed by atoms with van der Waals surface area (Å²) in [4.78, 5) is 22.6. The van der Waals surface area contributed by atoms with Gasteiger partial charge in [-0.25, -0.2) is 0 Å². The van der Waals surface area contributed by atoms with Gasteiger partial charge in [0.1, 0.15) is 4.33 Å². The van der Waals surface area contributed by atoms with Crippen molar-refractivity contribution in [1.82, 2.24) is 5.32 Å². The van der Waals surface area contributed by atoms with Gasteiger partial charge in [0, 0.05) is 30.5 Å². The summed E-state index contributed by atoms with van der Waals surface area (Å²) >= 11 is 12.4. The van der Waals surface area contributed by atoms with Crippen LogP contribution in [0.5, 0.6) is 0 Å². The Kier molecular flexibility index (Phi) is 6.46. The second-order valence-corrected chi connectivity index (χ2v) is 7.22. The Balaban J connectivity index is 2.07. The maximum absolute atomic E-state index is 12.1. The molecule has 0 radical (unpaired) electrons. The fourth-order valence-electron chi connectivity index (χ4n) is 2.49. The minimum atomic E-state index is -1.05. The van der Waals surface area contributed by atoms with Crippen LogP contribution in [0.25, 0.3) is 5.57 Å². The SMILES string of the molecule is O=C(O)CCCCC(=O)NC1=C(c2ccccc2)C=CC(Cl)(Cl)C1. The molecule has 24 heavy (non-hydrogen) atoms. The molecule has 6 heteroatoms.